The maximum atomic E-state index is 5.44. The van der Waals surface area contributed by atoms with E-state index < -0.39 is 0 Å². The molecule has 3 nitrogen and oxygen atoms in total. The first-order valence-electron chi connectivity index (χ1n) is 16.8. The minimum absolute atomic E-state index is 0.672. The molecular weight excluding hydrogens is 595 g/mol. The van der Waals surface area contributed by atoms with Gasteiger partial charge in [0.1, 0.15) is 0 Å². The van der Waals surface area contributed by atoms with Crippen molar-refractivity contribution in [3.05, 3.63) is 164 Å². The number of aromatic nitrogens is 3. The van der Waals surface area contributed by atoms with E-state index in [1.165, 1.54) is 60.1 Å². The molecule has 0 amide bonds. The first-order chi connectivity index (χ1) is 24.3. The van der Waals surface area contributed by atoms with Gasteiger partial charge in [-0.3, -0.25) is 4.57 Å². The quantitative estimate of drug-likeness (QED) is 0.196. The second-order valence-electron chi connectivity index (χ2n) is 13.0. The third-order valence-corrected chi connectivity index (χ3v) is 10.3. The van der Waals surface area contributed by atoms with Gasteiger partial charge in [-0.1, -0.05) is 133 Å². The molecule has 0 spiro atoms. The normalized spacial score (nSPS) is 12.1. The van der Waals surface area contributed by atoms with Crippen LogP contribution in [0.1, 0.15) is 0 Å². The Hall–Kier alpha value is -6.58. The van der Waals surface area contributed by atoms with Crippen LogP contribution in [0.25, 0.3) is 105 Å². The summed E-state index contributed by atoms with van der Waals surface area (Å²) in [5.74, 6) is 0.672. The van der Waals surface area contributed by atoms with Crippen molar-refractivity contribution in [3.63, 3.8) is 0 Å². The van der Waals surface area contributed by atoms with Crippen LogP contribution in [-0.2, 0) is 0 Å². The third kappa shape index (κ3) is 3.78. The molecule has 0 radical (unpaired) electrons. The lowest BCUT2D eigenvalue weighted by molar-refractivity contribution is 1.01. The van der Waals surface area contributed by atoms with E-state index in [2.05, 4.69) is 168 Å². The van der Waals surface area contributed by atoms with E-state index >= 15 is 0 Å². The summed E-state index contributed by atoms with van der Waals surface area (Å²) < 4.78 is 2.27. The zero-order chi connectivity index (χ0) is 32.1. The molecule has 2 aromatic heterocycles. The Morgan fingerprint density at radius 2 is 0.939 bits per heavy atom. The van der Waals surface area contributed by atoms with E-state index in [0.717, 1.165) is 38.8 Å². The Kier molecular flexibility index (Phi) is 5.38. The molecule has 226 valence electrons. The molecular formula is C46H27N3. The number of hydrogen-bond acceptors (Lipinski definition) is 2. The van der Waals surface area contributed by atoms with Crippen LogP contribution in [0.2, 0.25) is 0 Å². The Balaban J connectivity index is 1.18. The lowest BCUT2D eigenvalue weighted by Crippen LogP contribution is -2.03. The molecule has 0 saturated heterocycles. The van der Waals surface area contributed by atoms with Crippen molar-refractivity contribution in [2.24, 2.45) is 0 Å². The number of nitrogens with zero attached hydrogens (tertiary/aromatic N) is 3. The number of hydrogen-bond donors (Lipinski definition) is 0. The fourth-order valence-corrected chi connectivity index (χ4v) is 8.16. The van der Waals surface area contributed by atoms with Gasteiger partial charge in [0, 0.05) is 21.7 Å². The molecule has 0 saturated carbocycles. The van der Waals surface area contributed by atoms with Crippen LogP contribution in [0.3, 0.4) is 0 Å². The van der Waals surface area contributed by atoms with Crippen LogP contribution in [0.15, 0.2) is 164 Å². The Labute approximate surface area is 282 Å². The number of benzene rings is 8. The van der Waals surface area contributed by atoms with Crippen molar-refractivity contribution in [1.29, 1.82) is 0 Å². The molecule has 0 N–H and O–H groups in total. The zero-order valence-electron chi connectivity index (χ0n) is 26.4. The Morgan fingerprint density at radius 3 is 1.69 bits per heavy atom. The van der Waals surface area contributed by atoms with E-state index in [4.69, 9.17) is 9.97 Å². The minimum atomic E-state index is 0.672. The predicted molar refractivity (Wildman–Crippen MR) is 204 cm³/mol. The lowest BCUT2D eigenvalue weighted by atomic mass is 9.93. The van der Waals surface area contributed by atoms with Gasteiger partial charge in [0.25, 0.3) is 0 Å². The maximum Gasteiger partial charge on any atom is 0.235 e. The van der Waals surface area contributed by atoms with Crippen LogP contribution in [-0.4, -0.2) is 14.5 Å². The first kappa shape index (κ1) is 26.5. The second kappa shape index (κ2) is 9.96. The first-order valence-corrected chi connectivity index (χ1v) is 16.8. The highest BCUT2D eigenvalue weighted by Gasteiger charge is 2.25. The summed E-state index contributed by atoms with van der Waals surface area (Å²) in [6, 6.07) is 59.0. The van der Waals surface area contributed by atoms with Gasteiger partial charge in [0.2, 0.25) is 5.95 Å². The van der Waals surface area contributed by atoms with Crippen molar-refractivity contribution in [2.75, 3.05) is 0 Å². The number of fused-ring (bicyclic) bond motifs is 4. The molecule has 0 fully saturated rings. The van der Waals surface area contributed by atoms with Gasteiger partial charge in [-0.2, -0.15) is 0 Å². The van der Waals surface area contributed by atoms with Crippen LogP contribution >= 0.6 is 0 Å². The topological polar surface area (TPSA) is 30.7 Å². The van der Waals surface area contributed by atoms with Gasteiger partial charge in [0.05, 0.1) is 22.2 Å². The third-order valence-electron chi connectivity index (χ3n) is 10.3. The van der Waals surface area contributed by atoms with Crippen molar-refractivity contribution in [3.8, 4) is 50.6 Å². The predicted octanol–water partition coefficient (Wildman–Crippen LogP) is 12.0. The zero-order valence-corrected chi connectivity index (χ0v) is 26.4. The molecule has 1 aliphatic carbocycles. The molecule has 11 rings (SSSR count). The van der Waals surface area contributed by atoms with E-state index in [-0.39, 0.29) is 0 Å². The van der Waals surface area contributed by atoms with Crippen LogP contribution in [0.4, 0.5) is 0 Å². The summed E-state index contributed by atoms with van der Waals surface area (Å²) in [6.45, 7) is 0. The van der Waals surface area contributed by atoms with E-state index in [9.17, 15) is 0 Å². The van der Waals surface area contributed by atoms with Gasteiger partial charge < -0.3 is 0 Å². The largest absolute Gasteiger partial charge is 0.278 e. The van der Waals surface area contributed by atoms with E-state index in [1.54, 1.807) is 0 Å². The molecule has 8 aromatic carbocycles. The van der Waals surface area contributed by atoms with Gasteiger partial charge in [-0.05, 0) is 85.3 Å². The number of rotatable bonds is 3. The van der Waals surface area contributed by atoms with E-state index in [1.807, 2.05) is 0 Å². The SMILES string of the molecule is c1cc(-c2ccc3ccccc3c2)cc(-c2nc(-n3c4cccc5c4c4c(cccc43)-c3cccc4cccc-5c34)nc3ccccc23)c1. The molecule has 0 bridgehead atoms. The summed E-state index contributed by atoms with van der Waals surface area (Å²) >= 11 is 0. The highest BCUT2D eigenvalue weighted by Crippen LogP contribution is 2.49. The minimum Gasteiger partial charge on any atom is -0.278 e. The molecule has 0 atom stereocenters. The van der Waals surface area contributed by atoms with Crippen molar-refractivity contribution in [2.45, 2.75) is 0 Å². The fraction of sp³-hybridized carbons (Fsp3) is 0. The molecule has 10 aromatic rings. The monoisotopic (exact) mass is 621 g/mol. The van der Waals surface area contributed by atoms with Crippen molar-refractivity contribution in [1.82, 2.24) is 14.5 Å². The standard InChI is InChI=1S/C46H27N3/c1-2-11-30-26-32(25-24-28(30)10-1)31-14-5-15-33(27-31)45-38-16-3-4-21-39(38)47-46(48-45)49-40-22-8-19-36-34-17-6-12-29-13-7-18-35(42(29)34)37-20-9-23-41(49)44(37)43(36)40/h1-27H. The highest BCUT2D eigenvalue weighted by molar-refractivity contribution is 6.27. The molecule has 49 heavy (non-hydrogen) atoms. The summed E-state index contributed by atoms with van der Waals surface area (Å²) in [4.78, 5) is 10.7. The van der Waals surface area contributed by atoms with Gasteiger partial charge in [-0.15, -0.1) is 0 Å². The van der Waals surface area contributed by atoms with Gasteiger partial charge in [-0.25, -0.2) is 9.97 Å². The lowest BCUT2D eigenvalue weighted by Gasteiger charge is -2.14. The highest BCUT2D eigenvalue weighted by atomic mass is 15.2. The average Bonchev–Trinajstić information content (AvgIpc) is 3.45. The average molecular weight is 622 g/mol. The Morgan fingerprint density at radius 1 is 0.367 bits per heavy atom. The Bertz CT molecular complexity index is 2910. The van der Waals surface area contributed by atoms with Crippen LogP contribution in [0, 0.1) is 0 Å². The summed E-state index contributed by atoms with van der Waals surface area (Å²) in [7, 11) is 0. The summed E-state index contributed by atoms with van der Waals surface area (Å²) in [5, 5.41) is 8.56. The molecule has 0 unspecified atom stereocenters. The second-order valence-corrected chi connectivity index (χ2v) is 13.0. The summed E-state index contributed by atoms with van der Waals surface area (Å²) in [5.41, 5.74) is 12.5. The molecule has 2 heterocycles. The number of para-hydroxylation sites is 1. The fourth-order valence-electron chi connectivity index (χ4n) is 8.16. The molecule has 0 aliphatic heterocycles. The van der Waals surface area contributed by atoms with E-state index in [0.29, 0.717) is 5.95 Å². The van der Waals surface area contributed by atoms with Crippen molar-refractivity contribution >= 4 is 54.3 Å². The smallest absolute Gasteiger partial charge is 0.235 e. The molecule has 1 aliphatic rings. The summed E-state index contributed by atoms with van der Waals surface area (Å²) in [6.07, 6.45) is 0. The molecule has 3 heteroatoms. The van der Waals surface area contributed by atoms with Crippen LogP contribution < -0.4 is 0 Å². The van der Waals surface area contributed by atoms with Gasteiger partial charge >= 0.3 is 0 Å². The van der Waals surface area contributed by atoms with Gasteiger partial charge in [0.15, 0.2) is 0 Å². The van der Waals surface area contributed by atoms with Crippen molar-refractivity contribution < 1.29 is 0 Å². The maximum absolute atomic E-state index is 5.44. The van der Waals surface area contributed by atoms with Crippen LogP contribution in [0.5, 0.6) is 0 Å².